The highest BCUT2D eigenvalue weighted by atomic mass is 19.3. The monoisotopic (exact) mass is 437 g/mol. The molecule has 8 nitrogen and oxygen atoms in total. The van der Waals surface area contributed by atoms with Crippen LogP contribution in [0.4, 0.5) is 20.2 Å². The number of hydrogen-bond acceptors (Lipinski definition) is 5. The summed E-state index contributed by atoms with van der Waals surface area (Å²) in [5.74, 6) is -0.921. The molecule has 2 amide bonds. The Bertz CT molecular complexity index is 1290. The van der Waals surface area contributed by atoms with Gasteiger partial charge in [0.1, 0.15) is 5.75 Å². The van der Waals surface area contributed by atoms with E-state index in [1.807, 2.05) is 0 Å². The molecular weight excluding hydrogens is 420 g/mol. The number of imidazole rings is 1. The number of hydrogen-bond donors (Lipinski definition) is 3. The fraction of sp³-hybridized carbons (Fsp3) is 0.0909. The van der Waals surface area contributed by atoms with Crippen LogP contribution in [0.5, 0.6) is 5.75 Å². The van der Waals surface area contributed by atoms with E-state index in [9.17, 15) is 18.4 Å². The lowest BCUT2D eigenvalue weighted by Gasteiger charge is -2.13. The zero-order chi connectivity index (χ0) is 22.7. The minimum Gasteiger partial charge on any atom is -0.494 e. The standard InChI is InChI=1S/C22H17F2N5O3/c1-32-18-10-14(5-7-16(18)29-22(31)13-3-2-8-25-11-13)26-21(30)12-4-6-15-17(9-12)28-20(27-15)19(23)24/h2-11,19H,1H3,(H,26,30)(H,27,28)(H,29,31). The summed E-state index contributed by atoms with van der Waals surface area (Å²) in [7, 11) is 1.44. The zero-order valence-electron chi connectivity index (χ0n) is 16.7. The third-order valence-electron chi connectivity index (χ3n) is 4.60. The minimum absolute atomic E-state index is 0.259. The van der Waals surface area contributed by atoms with E-state index in [1.54, 1.807) is 36.5 Å². The van der Waals surface area contributed by atoms with Gasteiger partial charge < -0.3 is 20.4 Å². The van der Waals surface area contributed by atoms with Crippen LogP contribution in [0.15, 0.2) is 60.9 Å². The molecule has 32 heavy (non-hydrogen) atoms. The van der Waals surface area contributed by atoms with E-state index in [2.05, 4.69) is 25.6 Å². The number of aromatic amines is 1. The van der Waals surface area contributed by atoms with Gasteiger partial charge in [-0.25, -0.2) is 13.8 Å². The van der Waals surface area contributed by atoms with Crippen molar-refractivity contribution in [3.05, 3.63) is 77.9 Å². The van der Waals surface area contributed by atoms with E-state index in [1.165, 1.54) is 31.5 Å². The SMILES string of the molecule is COc1cc(NC(=O)c2ccc3nc(C(F)F)[nH]c3c2)ccc1NC(=O)c1cccnc1. The molecule has 0 saturated carbocycles. The van der Waals surface area contributed by atoms with Crippen LogP contribution in [-0.2, 0) is 0 Å². The summed E-state index contributed by atoms with van der Waals surface area (Å²) >= 11 is 0. The first-order valence-corrected chi connectivity index (χ1v) is 9.43. The number of aromatic nitrogens is 3. The topological polar surface area (TPSA) is 109 Å². The summed E-state index contributed by atoms with van der Waals surface area (Å²) in [6, 6.07) is 12.5. The molecule has 0 fully saturated rings. The second kappa shape index (κ2) is 8.80. The van der Waals surface area contributed by atoms with Gasteiger partial charge in [-0.05, 0) is 42.5 Å². The van der Waals surface area contributed by atoms with Crippen molar-refractivity contribution in [1.82, 2.24) is 15.0 Å². The molecule has 0 aliphatic carbocycles. The molecule has 0 aliphatic heterocycles. The van der Waals surface area contributed by atoms with Gasteiger partial charge in [-0.2, -0.15) is 0 Å². The van der Waals surface area contributed by atoms with Crippen LogP contribution in [0, 0.1) is 0 Å². The number of amides is 2. The quantitative estimate of drug-likeness (QED) is 0.414. The van der Waals surface area contributed by atoms with Crippen LogP contribution >= 0.6 is 0 Å². The van der Waals surface area contributed by atoms with E-state index in [0.717, 1.165) is 0 Å². The Morgan fingerprint density at radius 1 is 1.03 bits per heavy atom. The van der Waals surface area contributed by atoms with Gasteiger partial charge in [-0.1, -0.05) is 0 Å². The number of carbonyl (C=O) groups excluding carboxylic acids is 2. The number of pyridine rings is 1. The Hall–Kier alpha value is -4.34. The lowest BCUT2D eigenvalue weighted by molar-refractivity contribution is 0.101. The Labute approximate surface area is 180 Å². The molecule has 2 aromatic heterocycles. The molecule has 3 N–H and O–H groups in total. The summed E-state index contributed by atoms with van der Waals surface area (Å²) in [5.41, 5.74) is 2.15. The van der Waals surface area contributed by atoms with Crippen LogP contribution in [-0.4, -0.2) is 33.9 Å². The molecule has 0 spiro atoms. The van der Waals surface area contributed by atoms with Crippen molar-refractivity contribution in [2.45, 2.75) is 6.43 Å². The van der Waals surface area contributed by atoms with Crippen molar-refractivity contribution in [1.29, 1.82) is 0 Å². The first-order chi connectivity index (χ1) is 15.4. The number of ether oxygens (including phenoxy) is 1. The average Bonchev–Trinajstić information content (AvgIpc) is 3.24. The molecule has 0 unspecified atom stereocenters. The Balaban J connectivity index is 1.51. The summed E-state index contributed by atoms with van der Waals surface area (Å²) in [6.07, 6.45) is 0.276. The van der Waals surface area contributed by atoms with Crippen LogP contribution < -0.4 is 15.4 Å². The zero-order valence-corrected chi connectivity index (χ0v) is 16.7. The van der Waals surface area contributed by atoms with Crippen LogP contribution in [0.2, 0.25) is 0 Å². The third-order valence-corrected chi connectivity index (χ3v) is 4.60. The Kier molecular flexibility index (Phi) is 5.75. The molecule has 10 heteroatoms. The number of carbonyl (C=O) groups is 2. The second-order valence-corrected chi connectivity index (χ2v) is 6.72. The van der Waals surface area contributed by atoms with Crippen molar-refractivity contribution >= 4 is 34.2 Å². The maximum Gasteiger partial charge on any atom is 0.295 e. The molecule has 2 aromatic carbocycles. The first-order valence-electron chi connectivity index (χ1n) is 9.43. The van der Waals surface area contributed by atoms with Gasteiger partial charge in [0.2, 0.25) is 0 Å². The van der Waals surface area contributed by atoms with E-state index in [0.29, 0.717) is 33.7 Å². The summed E-state index contributed by atoms with van der Waals surface area (Å²) < 4.78 is 31.0. The summed E-state index contributed by atoms with van der Waals surface area (Å²) in [4.78, 5) is 35.2. The largest absolute Gasteiger partial charge is 0.494 e. The van der Waals surface area contributed by atoms with Crippen molar-refractivity contribution in [2.75, 3.05) is 17.7 Å². The molecule has 0 bridgehead atoms. The number of fused-ring (bicyclic) bond motifs is 1. The highest BCUT2D eigenvalue weighted by molar-refractivity contribution is 6.07. The molecule has 0 aliphatic rings. The number of alkyl halides is 2. The Morgan fingerprint density at radius 3 is 2.56 bits per heavy atom. The van der Waals surface area contributed by atoms with Gasteiger partial charge in [0.25, 0.3) is 18.2 Å². The van der Waals surface area contributed by atoms with Gasteiger partial charge in [0, 0.05) is 29.7 Å². The van der Waals surface area contributed by atoms with E-state index < -0.39 is 18.2 Å². The normalized spacial score (nSPS) is 10.9. The van der Waals surface area contributed by atoms with Gasteiger partial charge in [0.15, 0.2) is 5.82 Å². The number of methoxy groups -OCH3 is 1. The van der Waals surface area contributed by atoms with E-state index >= 15 is 0 Å². The molecule has 4 aromatic rings. The number of nitrogens with zero attached hydrogens (tertiary/aromatic N) is 2. The number of H-pyrrole nitrogens is 1. The van der Waals surface area contributed by atoms with Crippen LogP contribution in [0.25, 0.3) is 11.0 Å². The second-order valence-electron chi connectivity index (χ2n) is 6.72. The number of benzene rings is 2. The summed E-state index contributed by atoms with van der Waals surface area (Å²) in [6.45, 7) is 0. The molecule has 0 atom stereocenters. The minimum atomic E-state index is -2.73. The van der Waals surface area contributed by atoms with Gasteiger partial charge in [-0.3, -0.25) is 14.6 Å². The van der Waals surface area contributed by atoms with Gasteiger partial charge >= 0.3 is 0 Å². The molecular formula is C22H17F2N5O3. The molecule has 0 saturated heterocycles. The Morgan fingerprint density at radius 2 is 1.84 bits per heavy atom. The number of halogens is 2. The lowest BCUT2D eigenvalue weighted by Crippen LogP contribution is -2.14. The smallest absolute Gasteiger partial charge is 0.295 e. The number of rotatable bonds is 6. The molecule has 4 rings (SSSR count). The van der Waals surface area contributed by atoms with Gasteiger partial charge in [0.05, 0.1) is 29.4 Å². The number of nitrogens with one attached hydrogen (secondary N) is 3. The average molecular weight is 437 g/mol. The summed E-state index contributed by atoms with van der Waals surface area (Å²) in [5, 5.41) is 5.45. The predicted molar refractivity (Wildman–Crippen MR) is 114 cm³/mol. The highest BCUT2D eigenvalue weighted by Crippen LogP contribution is 2.29. The van der Waals surface area contributed by atoms with E-state index in [4.69, 9.17) is 4.74 Å². The van der Waals surface area contributed by atoms with Crippen molar-refractivity contribution in [3.8, 4) is 5.75 Å². The maximum atomic E-state index is 12.8. The van der Waals surface area contributed by atoms with E-state index in [-0.39, 0.29) is 11.5 Å². The fourth-order valence-corrected chi connectivity index (χ4v) is 3.04. The predicted octanol–water partition coefficient (Wildman–Crippen LogP) is 4.41. The maximum absolute atomic E-state index is 12.8. The van der Waals surface area contributed by atoms with Crippen molar-refractivity contribution in [2.24, 2.45) is 0 Å². The highest BCUT2D eigenvalue weighted by Gasteiger charge is 2.15. The van der Waals surface area contributed by atoms with Crippen molar-refractivity contribution in [3.63, 3.8) is 0 Å². The third kappa shape index (κ3) is 4.38. The first kappa shape index (κ1) is 20.9. The van der Waals surface area contributed by atoms with Crippen molar-refractivity contribution < 1.29 is 23.1 Å². The number of anilines is 2. The van der Waals surface area contributed by atoms with Crippen LogP contribution in [0.3, 0.4) is 0 Å². The van der Waals surface area contributed by atoms with Gasteiger partial charge in [-0.15, -0.1) is 0 Å². The molecule has 162 valence electrons. The lowest BCUT2D eigenvalue weighted by atomic mass is 10.1. The fourth-order valence-electron chi connectivity index (χ4n) is 3.04. The molecule has 0 radical (unpaired) electrons. The van der Waals surface area contributed by atoms with Crippen LogP contribution in [0.1, 0.15) is 33.0 Å². The molecule has 2 heterocycles.